The lowest BCUT2D eigenvalue weighted by Crippen LogP contribution is -2.37. The maximum Gasteiger partial charge on any atom is 0.246 e. The van der Waals surface area contributed by atoms with E-state index in [-0.39, 0.29) is 30.1 Å². The fourth-order valence-electron chi connectivity index (χ4n) is 2.82. The maximum absolute atomic E-state index is 6.00. The zero-order valence-corrected chi connectivity index (χ0v) is 19.5. The van der Waals surface area contributed by atoms with Crippen LogP contribution in [0.3, 0.4) is 0 Å². The average molecular weight is 536 g/mol. The number of ether oxygens (including phenoxy) is 2. The maximum atomic E-state index is 6.00. The summed E-state index contributed by atoms with van der Waals surface area (Å²) in [6, 6.07) is 7.33. The second kappa shape index (κ2) is 13.0. The molecule has 160 valence electrons. The third kappa shape index (κ3) is 8.07. The Labute approximate surface area is 192 Å². The van der Waals surface area contributed by atoms with E-state index in [2.05, 4.69) is 25.8 Å². The second-order valence-corrected chi connectivity index (χ2v) is 6.87. The third-order valence-electron chi connectivity index (χ3n) is 4.27. The normalized spacial score (nSPS) is 16.5. The topological polar surface area (TPSA) is 93.8 Å². The lowest BCUT2D eigenvalue weighted by atomic mass is 10.2. The Morgan fingerprint density at radius 1 is 1.38 bits per heavy atom. The number of guanidine groups is 1. The molecule has 0 aliphatic carbocycles. The number of nitrogens with one attached hydrogen (secondary N) is 2. The third-order valence-corrected chi connectivity index (χ3v) is 4.50. The van der Waals surface area contributed by atoms with Gasteiger partial charge in [0, 0.05) is 37.4 Å². The van der Waals surface area contributed by atoms with Crippen LogP contribution in [0.15, 0.2) is 33.8 Å². The van der Waals surface area contributed by atoms with Gasteiger partial charge in [-0.1, -0.05) is 28.9 Å². The van der Waals surface area contributed by atoms with Gasteiger partial charge in [-0.3, -0.25) is 4.99 Å². The number of aliphatic imine (C=N–C) groups is 1. The molecule has 1 aromatic heterocycles. The van der Waals surface area contributed by atoms with Crippen molar-refractivity contribution in [2.45, 2.75) is 31.9 Å². The molecule has 1 fully saturated rings. The molecule has 1 atom stereocenters. The fraction of sp³-hybridized carbons (Fsp3) is 0.526. The van der Waals surface area contributed by atoms with Gasteiger partial charge in [0.05, 0.1) is 19.3 Å². The van der Waals surface area contributed by atoms with Crippen LogP contribution in [0.5, 0.6) is 0 Å². The minimum atomic E-state index is 0. The predicted octanol–water partition coefficient (Wildman–Crippen LogP) is 3.26. The summed E-state index contributed by atoms with van der Waals surface area (Å²) < 4.78 is 16.5. The van der Waals surface area contributed by atoms with Crippen molar-refractivity contribution in [2.75, 3.05) is 33.4 Å². The quantitative estimate of drug-likeness (QED) is 0.220. The summed E-state index contributed by atoms with van der Waals surface area (Å²) in [5.41, 5.74) is 0.813. The molecule has 2 heterocycles. The molecule has 1 aromatic carbocycles. The number of halogens is 2. The highest BCUT2D eigenvalue weighted by molar-refractivity contribution is 14.0. The Hall–Kier alpha value is -1.43. The van der Waals surface area contributed by atoms with Crippen molar-refractivity contribution in [2.24, 2.45) is 4.99 Å². The Bertz CT molecular complexity index is 768. The molecule has 0 radical (unpaired) electrons. The van der Waals surface area contributed by atoms with E-state index in [1.165, 1.54) is 0 Å². The zero-order chi connectivity index (χ0) is 19.6. The monoisotopic (exact) mass is 535 g/mol. The van der Waals surface area contributed by atoms with Gasteiger partial charge in [-0.05, 0) is 31.4 Å². The summed E-state index contributed by atoms with van der Waals surface area (Å²) in [7, 11) is 1.72. The first-order chi connectivity index (χ1) is 13.7. The number of benzene rings is 1. The first kappa shape index (κ1) is 23.8. The molecule has 1 aliphatic heterocycles. The molecule has 1 unspecified atom stereocenters. The minimum Gasteiger partial charge on any atom is -0.379 e. The van der Waals surface area contributed by atoms with Gasteiger partial charge in [-0.25, -0.2) is 0 Å². The van der Waals surface area contributed by atoms with E-state index >= 15 is 0 Å². The molecule has 10 heteroatoms. The summed E-state index contributed by atoms with van der Waals surface area (Å²) in [5.74, 6) is 1.64. The van der Waals surface area contributed by atoms with Gasteiger partial charge in [-0.15, -0.1) is 24.0 Å². The molecule has 3 rings (SSSR count). The Kier molecular flexibility index (Phi) is 10.7. The summed E-state index contributed by atoms with van der Waals surface area (Å²) in [6.07, 6.45) is 3.39. The molecule has 1 aliphatic rings. The molecule has 29 heavy (non-hydrogen) atoms. The highest BCUT2D eigenvalue weighted by atomic mass is 127. The van der Waals surface area contributed by atoms with E-state index in [0.29, 0.717) is 42.5 Å². The van der Waals surface area contributed by atoms with Crippen LogP contribution in [0.1, 0.15) is 25.2 Å². The highest BCUT2D eigenvalue weighted by Gasteiger charge is 2.15. The predicted molar refractivity (Wildman–Crippen MR) is 123 cm³/mol. The van der Waals surface area contributed by atoms with Crippen molar-refractivity contribution in [3.8, 4) is 11.4 Å². The molecule has 0 amide bonds. The highest BCUT2D eigenvalue weighted by Crippen LogP contribution is 2.19. The molecule has 2 aromatic rings. The Morgan fingerprint density at radius 2 is 2.28 bits per heavy atom. The van der Waals surface area contributed by atoms with E-state index in [1.807, 2.05) is 12.1 Å². The lowest BCUT2D eigenvalue weighted by Gasteiger charge is -2.12. The van der Waals surface area contributed by atoms with Gasteiger partial charge in [0.2, 0.25) is 11.7 Å². The second-order valence-electron chi connectivity index (χ2n) is 6.44. The van der Waals surface area contributed by atoms with E-state index < -0.39 is 0 Å². The van der Waals surface area contributed by atoms with E-state index in [0.717, 1.165) is 38.0 Å². The number of hydrogen-bond donors (Lipinski definition) is 2. The number of hydrogen-bond acceptors (Lipinski definition) is 6. The summed E-state index contributed by atoms with van der Waals surface area (Å²) in [6.45, 7) is 3.36. The van der Waals surface area contributed by atoms with Crippen LogP contribution < -0.4 is 10.6 Å². The molecular weight excluding hydrogens is 509 g/mol. The van der Waals surface area contributed by atoms with Crippen molar-refractivity contribution in [1.29, 1.82) is 0 Å². The summed E-state index contributed by atoms with van der Waals surface area (Å²) in [4.78, 5) is 8.56. The van der Waals surface area contributed by atoms with Crippen LogP contribution in [0.4, 0.5) is 0 Å². The van der Waals surface area contributed by atoms with Crippen LogP contribution >= 0.6 is 35.6 Å². The van der Waals surface area contributed by atoms with Gasteiger partial charge in [0.15, 0.2) is 5.96 Å². The van der Waals surface area contributed by atoms with Gasteiger partial charge < -0.3 is 24.6 Å². The number of rotatable bonds is 9. The molecule has 8 nitrogen and oxygen atoms in total. The van der Waals surface area contributed by atoms with Crippen LogP contribution in [0, 0.1) is 0 Å². The first-order valence-electron chi connectivity index (χ1n) is 9.47. The SMILES string of the molecule is CN=C(NCCCOCC1CCCO1)NCc1nc(-c2cccc(Cl)c2)no1.I. The van der Waals surface area contributed by atoms with Gasteiger partial charge in [0.25, 0.3) is 0 Å². The molecular formula is C19H27ClIN5O3. The minimum absolute atomic E-state index is 0. The van der Waals surface area contributed by atoms with E-state index in [1.54, 1.807) is 19.2 Å². The summed E-state index contributed by atoms with van der Waals surface area (Å²) >= 11 is 6.00. The van der Waals surface area contributed by atoms with Crippen molar-refractivity contribution < 1.29 is 14.0 Å². The van der Waals surface area contributed by atoms with Crippen LogP contribution in [-0.4, -0.2) is 55.6 Å². The number of nitrogens with zero attached hydrogens (tertiary/aromatic N) is 3. The van der Waals surface area contributed by atoms with Crippen LogP contribution in [0.2, 0.25) is 5.02 Å². The Morgan fingerprint density at radius 3 is 3.03 bits per heavy atom. The molecule has 1 saturated heterocycles. The van der Waals surface area contributed by atoms with E-state index in [9.17, 15) is 0 Å². The van der Waals surface area contributed by atoms with Gasteiger partial charge >= 0.3 is 0 Å². The van der Waals surface area contributed by atoms with Crippen molar-refractivity contribution >= 4 is 41.5 Å². The standard InChI is InChI=1S/C19H26ClN5O3.HI/c1-21-19(22-8-4-9-26-13-16-7-3-10-27-16)23-12-17-24-18(25-28-17)14-5-2-6-15(20)11-14;/h2,5-6,11,16H,3-4,7-10,12-13H2,1H3,(H2,21,22,23);1H. The number of aromatic nitrogens is 2. The lowest BCUT2D eigenvalue weighted by molar-refractivity contribution is 0.0168. The first-order valence-corrected chi connectivity index (χ1v) is 9.85. The zero-order valence-electron chi connectivity index (χ0n) is 16.4. The largest absolute Gasteiger partial charge is 0.379 e. The summed E-state index contributed by atoms with van der Waals surface area (Å²) in [5, 5.41) is 11.0. The van der Waals surface area contributed by atoms with Crippen molar-refractivity contribution in [1.82, 2.24) is 20.8 Å². The van der Waals surface area contributed by atoms with Crippen LogP contribution in [-0.2, 0) is 16.0 Å². The van der Waals surface area contributed by atoms with Gasteiger partial charge in [0.1, 0.15) is 0 Å². The Balaban J connectivity index is 0.00000300. The van der Waals surface area contributed by atoms with Gasteiger partial charge in [-0.2, -0.15) is 4.98 Å². The smallest absolute Gasteiger partial charge is 0.246 e. The molecule has 0 bridgehead atoms. The van der Waals surface area contributed by atoms with Crippen LogP contribution in [0.25, 0.3) is 11.4 Å². The molecule has 0 spiro atoms. The molecule has 0 saturated carbocycles. The average Bonchev–Trinajstić information content (AvgIpc) is 3.39. The van der Waals surface area contributed by atoms with E-state index in [4.69, 9.17) is 25.6 Å². The van der Waals surface area contributed by atoms with Crippen molar-refractivity contribution in [3.05, 3.63) is 35.2 Å². The fourth-order valence-corrected chi connectivity index (χ4v) is 3.01. The molecule has 2 N–H and O–H groups in total. The van der Waals surface area contributed by atoms with Crippen molar-refractivity contribution in [3.63, 3.8) is 0 Å².